The third-order valence-corrected chi connectivity index (χ3v) is 4.08. The Hall–Kier alpha value is -1.13. The molecule has 0 radical (unpaired) electrons. The zero-order valence-electron chi connectivity index (χ0n) is 12.3. The van der Waals surface area contributed by atoms with Gasteiger partial charge in [-0.2, -0.15) is 0 Å². The second-order valence-corrected chi connectivity index (χ2v) is 5.62. The number of amides is 1. The van der Waals surface area contributed by atoms with E-state index in [1.54, 1.807) is 12.1 Å². The molecule has 1 saturated carbocycles. The number of halogens is 2. The largest absolute Gasteiger partial charge is 0.348 e. The van der Waals surface area contributed by atoms with Crippen molar-refractivity contribution in [1.29, 1.82) is 0 Å². The zero-order chi connectivity index (χ0) is 14.5. The van der Waals surface area contributed by atoms with Crippen molar-refractivity contribution < 1.29 is 9.18 Å². The van der Waals surface area contributed by atoms with Gasteiger partial charge in [0.05, 0.1) is 12.1 Å². The van der Waals surface area contributed by atoms with Crippen molar-refractivity contribution in [2.45, 2.75) is 51.1 Å². The van der Waals surface area contributed by atoms with E-state index in [0.717, 1.165) is 24.8 Å². The van der Waals surface area contributed by atoms with Gasteiger partial charge >= 0.3 is 0 Å². The van der Waals surface area contributed by atoms with Crippen molar-refractivity contribution in [3.63, 3.8) is 0 Å². The highest BCUT2D eigenvalue weighted by molar-refractivity contribution is 5.85. The summed E-state index contributed by atoms with van der Waals surface area (Å²) in [5.74, 6) is 0.0847. The lowest BCUT2D eigenvalue weighted by atomic mass is 9.77. The summed E-state index contributed by atoms with van der Waals surface area (Å²) < 4.78 is 13.0. The van der Waals surface area contributed by atoms with Gasteiger partial charge in [0.1, 0.15) is 5.82 Å². The monoisotopic (exact) mass is 314 g/mol. The molecule has 1 fully saturated rings. The van der Waals surface area contributed by atoms with E-state index in [1.807, 2.05) is 6.92 Å². The number of carbonyl (C=O) groups excluding carboxylic acids is 1. The first-order valence-corrected chi connectivity index (χ1v) is 7.43. The molecule has 1 aromatic rings. The summed E-state index contributed by atoms with van der Waals surface area (Å²) in [6.07, 6.45) is 4.97. The first-order valence-electron chi connectivity index (χ1n) is 7.43. The fraction of sp³-hybridized carbons (Fsp3) is 0.562. The van der Waals surface area contributed by atoms with Gasteiger partial charge < -0.3 is 11.1 Å². The van der Waals surface area contributed by atoms with E-state index in [0.29, 0.717) is 12.3 Å². The quantitative estimate of drug-likeness (QED) is 0.846. The molecule has 1 aliphatic carbocycles. The molecule has 2 rings (SSSR count). The first-order chi connectivity index (χ1) is 9.61. The second-order valence-electron chi connectivity index (χ2n) is 5.62. The third-order valence-electron chi connectivity index (χ3n) is 4.08. The molecule has 21 heavy (non-hydrogen) atoms. The van der Waals surface area contributed by atoms with Crippen LogP contribution in [0, 0.1) is 11.7 Å². The van der Waals surface area contributed by atoms with Crippen LogP contribution in [0.1, 0.15) is 50.6 Å². The van der Waals surface area contributed by atoms with Crippen LogP contribution in [-0.2, 0) is 4.79 Å². The molecule has 1 aliphatic rings. The third kappa shape index (κ3) is 4.68. The number of hydrogen-bond acceptors (Lipinski definition) is 2. The molecule has 0 aliphatic heterocycles. The summed E-state index contributed by atoms with van der Waals surface area (Å²) in [6, 6.07) is 5.90. The van der Waals surface area contributed by atoms with Gasteiger partial charge in [-0.15, -0.1) is 12.4 Å². The average molecular weight is 315 g/mol. The molecule has 0 aromatic heterocycles. The minimum atomic E-state index is -0.456. The van der Waals surface area contributed by atoms with Crippen LogP contribution < -0.4 is 11.1 Å². The molecule has 1 aromatic carbocycles. The van der Waals surface area contributed by atoms with Gasteiger partial charge in [0.25, 0.3) is 0 Å². The molecule has 5 heteroatoms. The van der Waals surface area contributed by atoms with Crippen LogP contribution in [-0.4, -0.2) is 11.9 Å². The minimum Gasteiger partial charge on any atom is -0.348 e. The van der Waals surface area contributed by atoms with Crippen LogP contribution in [0.3, 0.4) is 0 Å². The van der Waals surface area contributed by atoms with E-state index in [1.165, 1.54) is 18.6 Å². The van der Waals surface area contributed by atoms with Crippen LogP contribution >= 0.6 is 12.4 Å². The van der Waals surface area contributed by atoms with Crippen LogP contribution in [0.2, 0.25) is 0 Å². The number of benzene rings is 1. The number of carbonyl (C=O) groups is 1. The SMILES string of the molecule is CCCC(N)C(=O)NC(c1ccc(F)cc1)C1CCC1.Cl. The number of nitrogens with one attached hydrogen (secondary N) is 1. The van der Waals surface area contributed by atoms with Crippen LogP contribution in [0.25, 0.3) is 0 Å². The molecule has 3 N–H and O–H groups in total. The van der Waals surface area contributed by atoms with Crippen LogP contribution in [0.4, 0.5) is 4.39 Å². The maximum Gasteiger partial charge on any atom is 0.237 e. The van der Waals surface area contributed by atoms with E-state index in [4.69, 9.17) is 5.73 Å². The number of rotatable bonds is 6. The van der Waals surface area contributed by atoms with E-state index >= 15 is 0 Å². The van der Waals surface area contributed by atoms with Gasteiger partial charge in [0.15, 0.2) is 0 Å². The smallest absolute Gasteiger partial charge is 0.237 e. The van der Waals surface area contributed by atoms with Gasteiger partial charge in [-0.25, -0.2) is 4.39 Å². The van der Waals surface area contributed by atoms with E-state index < -0.39 is 6.04 Å². The normalized spacial score (nSPS) is 17.3. The summed E-state index contributed by atoms with van der Waals surface area (Å²) in [5, 5.41) is 3.05. The highest BCUT2D eigenvalue weighted by Crippen LogP contribution is 2.37. The lowest BCUT2D eigenvalue weighted by molar-refractivity contribution is -0.123. The minimum absolute atomic E-state index is 0. The number of nitrogens with two attached hydrogens (primary N) is 1. The second kappa shape index (κ2) is 8.35. The maximum atomic E-state index is 13.0. The van der Waals surface area contributed by atoms with Gasteiger partial charge in [0.2, 0.25) is 5.91 Å². The van der Waals surface area contributed by atoms with Gasteiger partial charge in [-0.05, 0) is 42.9 Å². The molecular weight excluding hydrogens is 291 g/mol. The Labute approximate surface area is 131 Å². The molecule has 0 heterocycles. The molecule has 3 nitrogen and oxygen atoms in total. The van der Waals surface area contributed by atoms with E-state index in [2.05, 4.69) is 5.32 Å². The lowest BCUT2D eigenvalue weighted by Gasteiger charge is -2.35. The Morgan fingerprint density at radius 2 is 2.00 bits per heavy atom. The Bertz CT molecular complexity index is 448. The Balaban J connectivity index is 0.00000220. The summed E-state index contributed by atoms with van der Waals surface area (Å²) >= 11 is 0. The maximum absolute atomic E-state index is 13.0. The summed E-state index contributed by atoms with van der Waals surface area (Å²) in [5.41, 5.74) is 6.83. The molecule has 2 atom stereocenters. The van der Waals surface area contributed by atoms with Crippen molar-refractivity contribution >= 4 is 18.3 Å². The lowest BCUT2D eigenvalue weighted by Crippen LogP contribution is -2.45. The van der Waals surface area contributed by atoms with Gasteiger partial charge in [0, 0.05) is 0 Å². The Morgan fingerprint density at radius 3 is 2.48 bits per heavy atom. The van der Waals surface area contributed by atoms with Gasteiger partial charge in [-0.3, -0.25) is 4.79 Å². The molecule has 0 spiro atoms. The van der Waals surface area contributed by atoms with Crippen molar-refractivity contribution in [2.24, 2.45) is 11.7 Å². The molecular formula is C16H24ClFN2O. The summed E-state index contributed by atoms with van der Waals surface area (Å²) in [7, 11) is 0. The molecule has 0 bridgehead atoms. The zero-order valence-corrected chi connectivity index (χ0v) is 13.2. The highest BCUT2D eigenvalue weighted by Gasteiger charge is 2.30. The predicted octanol–water partition coefficient (Wildman–Crippen LogP) is 3.33. The fourth-order valence-electron chi connectivity index (χ4n) is 2.62. The highest BCUT2D eigenvalue weighted by atomic mass is 35.5. The Kier molecular flexibility index (Phi) is 7.12. The summed E-state index contributed by atoms with van der Waals surface area (Å²) in [4.78, 5) is 12.1. The van der Waals surface area contributed by atoms with Crippen molar-refractivity contribution in [3.05, 3.63) is 35.6 Å². The van der Waals surface area contributed by atoms with Crippen molar-refractivity contribution in [1.82, 2.24) is 5.32 Å². The molecule has 2 unspecified atom stereocenters. The van der Waals surface area contributed by atoms with Crippen LogP contribution in [0.5, 0.6) is 0 Å². The molecule has 0 saturated heterocycles. The molecule has 118 valence electrons. The summed E-state index contributed by atoms with van der Waals surface area (Å²) in [6.45, 7) is 2.01. The molecule has 1 amide bonds. The van der Waals surface area contributed by atoms with Crippen molar-refractivity contribution in [3.8, 4) is 0 Å². The van der Waals surface area contributed by atoms with Crippen LogP contribution in [0.15, 0.2) is 24.3 Å². The standard InChI is InChI=1S/C16H23FN2O.ClH/c1-2-4-14(18)16(20)19-15(11-5-3-6-11)12-7-9-13(17)10-8-12;/h7-11,14-15H,2-6,18H2,1H3,(H,19,20);1H. The van der Waals surface area contributed by atoms with E-state index in [-0.39, 0.29) is 30.2 Å². The van der Waals surface area contributed by atoms with Crippen molar-refractivity contribution in [2.75, 3.05) is 0 Å². The van der Waals surface area contributed by atoms with Gasteiger partial charge in [-0.1, -0.05) is 31.9 Å². The number of hydrogen-bond donors (Lipinski definition) is 2. The fourth-order valence-corrected chi connectivity index (χ4v) is 2.62. The van der Waals surface area contributed by atoms with E-state index in [9.17, 15) is 9.18 Å². The average Bonchev–Trinajstić information content (AvgIpc) is 2.37. The topological polar surface area (TPSA) is 55.1 Å². The predicted molar refractivity (Wildman–Crippen MR) is 84.8 cm³/mol. The first kappa shape index (κ1) is 17.9. The Morgan fingerprint density at radius 1 is 1.38 bits per heavy atom.